The molecule has 1 aromatic heterocycles. The summed E-state index contributed by atoms with van der Waals surface area (Å²) in [4.78, 5) is 17.3. The third kappa shape index (κ3) is 6.04. The van der Waals surface area contributed by atoms with Gasteiger partial charge in [0.15, 0.2) is 12.4 Å². The zero-order valence-corrected chi connectivity index (χ0v) is 21.5. The fourth-order valence-electron chi connectivity index (χ4n) is 3.80. The molecule has 3 N–H and O–H groups in total. The van der Waals surface area contributed by atoms with Crippen LogP contribution < -0.4 is 9.47 Å². The first-order valence-corrected chi connectivity index (χ1v) is 12.5. The maximum absolute atomic E-state index is 13.0. The standard InChI is InChI=1S/C25H26ClNO9S/c1-32-17-10-18(34-12-13-3-5-14(6-4-13)23-27-7-8-37-23)16(26)9-15(17)24(31)36-22-21(30)20(29)19(11-28)35-25(22)33-2/h3-10,19-22,25,28-30H,11-12H2,1-2H3/t19-,20-,21+,22-,25+/m1/s1. The molecule has 0 bridgehead atoms. The molecule has 1 aliphatic rings. The number of hydrogen-bond acceptors (Lipinski definition) is 11. The molecule has 1 aliphatic heterocycles. The highest BCUT2D eigenvalue weighted by molar-refractivity contribution is 7.13. The van der Waals surface area contributed by atoms with Crippen molar-refractivity contribution in [2.75, 3.05) is 20.8 Å². The van der Waals surface area contributed by atoms with Crippen molar-refractivity contribution in [1.82, 2.24) is 4.98 Å². The number of hydrogen-bond donors (Lipinski definition) is 3. The lowest BCUT2D eigenvalue weighted by molar-refractivity contribution is -0.293. The lowest BCUT2D eigenvalue weighted by atomic mass is 9.99. The molecule has 4 rings (SSSR count). The van der Waals surface area contributed by atoms with Gasteiger partial charge in [0.25, 0.3) is 0 Å². The van der Waals surface area contributed by atoms with Crippen LogP contribution in [-0.4, -0.2) is 77.8 Å². The van der Waals surface area contributed by atoms with Crippen molar-refractivity contribution in [1.29, 1.82) is 0 Å². The Morgan fingerprint density at radius 3 is 2.51 bits per heavy atom. The molecule has 0 aliphatic carbocycles. The highest BCUT2D eigenvalue weighted by atomic mass is 35.5. The average Bonchev–Trinajstić information content (AvgIpc) is 3.46. The van der Waals surface area contributed by atoms with E-state index in [9.17, 15) is 20.1 Å². The largest absolute Gasteiger partial charge is 0.496 e. The van der Waals surface area contributed by atoms with Gasteiger partial charge in [0.05, 0.1) is 18.7 Å². The van der Waals surface area contributed by atoms with Crippen LogP contribution in [0.4, 0.5) is 0 Å². The molecule has 2 heterocycles. The first kappa shape index (κ1) is 27.3. The summed E-state index contributed by atoms with van der Waals surface area (Å²) < 4.78 is 27.1. The summed E-state index contributed by atoms with van der Waals surface area (Å²) in [6, 6.07) is 10.5. The van der Waals surface area contributed by atoms with E-state index in [0.29, 0.717) is 0 Å². The normalized spacial score (nSPS) is 23.5. The minimum Gasteiger partial charge on any atom is -0.496 e. The highest BCUT2D eigenvalue weighted by Gasteiger charge is 2.47. The van der Waals surface area contributed by atoms with Crippen molar-refractivity contribution < 1.29 is 43.8 Å². The summed E-state index contributed by atoms with van der Waals surface area (Å²) in [5.74, 6) is -0.485. The fourth-order valence-corrected chi connectivity index (χ4v) is 4.67. The molecule has 2 aromatic carbocycles. The lowest BCUT2D eigenvalue weighted by Crippen LogP contribution is -2.60. The van der Waals surface area contributed by atoms with Crippen LogP contribution in [0.3, 0.4) is 0 Å². The minimum absolute atomic E-state index is 0.0338. The number of thiazole rings is 1. The number of aromatic nitrogens is 1. The Morgan fingerprint density at radius 1 is 1.14 bits per heavy atom. The van der Waals surface area contributed by atoms with Crippen molar-refractivity contribution in [2.24, 2.45) is 0 Å². The zero-order valence-electron chi connectivity index (χ0n) is 19.9. The number of aliphatic hydroxyl groups excluding tert-OH is 3. The number of esters is 1. The molecular weight excluding hydrogens is 526 g/mol. The number of benzene rings is 2. The molecule has 37 heavy (non-hydrogen) atoms. The summed E-state index contributed by atoms with van der Waals surface area (Å²) in [7, 11) is 2.65. The number of carbonyl (C=O) groups is 1. The molecule has 5 atom stereocenters. The molecule has 10 nitrogen and oxygen atoms in total. The maximum atomic E-state index is 13.0. The van der Waals surface area contributed by atoms with E-state index in [-0.39, 0.29) is 28.7 Å². The summed E-state index contributed by atoms with van der Waals surface area (Å²) in [6.07, 6.45) is -4.99. The van der Waals surface area contributed by atoms with E-state index < -0.39 is 43.3 Å². The van der Waals surface area contributed by atoms with Crippen LogP contribution in [-0.2, 0) is 20.8 Å². The molecule has 12 heteroatoms. The molecule has 0 unspecified atom stereocenters. The Hall–Kier alpha value is -2.77. The van der Waals surface area contributed by atoms with Crippen LogP contribution in [0.15, 0.2) is 48.0 Å². The van der Waals surface area contributed by atoms with Crippen LogP contribution in [0.2, 0.25) is 5.02 Å². The highest BCUT2D eigenvalue weighted by Crippen LogP contribution is 2.35. The fraction of sp³-hybridized carbons (Fsp3) is 0.360. The Kier molecular flexibility index (Phi) is 8.98. The second-order valence-corrected chi connectivity index (χ2v) is 9.42. The molecule has 0 radical (unpaired) electrons. The Labute approximate surface area is 221 Å². The van der Waals surface area contributed by atoms with E-state index in [2.05, 4.69) is 4.98 Å². The van der Waals surface area contributed by atoms with Crippen molar-refractivity contribution >= 4 is 28.9 Å². The van der Waals surface area contributed by atoms with Crippen molar-refractivity contribution in [3.63, 3.8) is 0 Å². The first-order chi connectivity index (χ1) is 17.9. The summed E-state index contributed by atoms with van der Waals surface area (Å²) in [6.45, 7) is -0.338. The van der Waals surface area contributed by atoms with Gasteiger partial charge in [-0.05, 0) is 11.6 Å². The number of halogens is 1. The number of ether oxygens (including phenoxy) is 5. The Bertz CT molecular complexity index is 1190. The average molecular weight is 552 g/mol. The number of carbonyl (C=O) groups excluding carboxylic acids is 1. The molecule has 3 aromatic rings. The number of methoxy groups -OCH3 is 2. The van der Waals surface area contributed by atoms with Gasteiger partial charge in [0, 0.05) is 30.3 Å². The predicted molar refractivity (Wildman–Crippen MR) is 134 cm³/mol. The van der Waals surface area contributed by atoms with Crippen LogP contribution in [0.5, 0.6) is 11.5 Å². The quantitative estimate of drug-likeness (QED) is 0.340. The number of rotatable bonds is 9. The molecule has 1 fully saturated rings. The Balaban J connectivity index is 1.46. The van der Waals surface area contributed by atoms with Gasteiger partial charge in [0.2, 0.25) is 0 Å². The van der Waals surface area contributed by atoms with Crippen molar-refractivity contribution in [3.8, 4) is 22.1 Å². The van der Waals surface area contributed by atoms with E-state index in [0.717, 1.165) is 16.1 Å². The van der Waals surface area contributed by atoms with Gasteiger partial charge in [-0.15, -0.1) is 11.3 Å². The predicted octanol–water partition coefficient (Wildman–Crippen LogP) is 2.66. The molecule has 1 saturated heterocycles. The molecule has 198 valence electrons. The van der Waals surface area contributed by atoms with E-state index in [1.807, 2.05) is 29.6 Å². The zero-order chi connectivity index (χ0) is 26.5. The number of nitrogens with zero attached hydrogens (tertiary/aromatic N) is 1. The SMILES string of the molecule is COc1cc(OCc2ccc(-c3nccs3)cc2)c(Cl)cc1C(=O)O[C@H]1[C@@H](OC)O[C@H](CO)[C@@H](O)[C@@H]1O. The van der Waals surface area contributed by atoms with Crippen molar-refractivity contribution in [3.05, 3.63) is 64.1 Å². The van der Waals surface area contributed by atoms with E-state index in [1.165, 1.54) is 26.4 Å². The van der Waals surface area contributed by atoms with Gasteiger partial charge in [-0.1, -0.05) is 35.9 Å². The molecule has 0 saturated carbocycles. The van der Waals surface area contributed by atoms with Gasteiger partial charge >= 0.3 is 5.97 Å². The van der Waals surface area contributed by atoms with Gasteiger partial charge < -0.3 is 39.0 Å². The van der Waals surface area contributed by atoms with E-state index in [1.54, 1.807) is 17.5 Å². The smallest absolute Gasteiger partial charge is 0.342 e. The van der Waals surface area contributed by atoms with Crippen LogP contribution >= 0.6 is 22.9 Å². The van der Waals surface area contributed by atoms with Gasteiger partial charge in [0.1, 0.15) is 47.0 Å². The monoisotopic (exact) mass is 551 g/mol. The third-order valence-electron chi connectivity index (χ3n) is 5.80. The van der Waals surface area contributed by atoms with Gasteiger partial charge in [-0.2, -0.15) is 0 Å². The third-order valence-corrected chi connectivity index (χ3v) is 6.92. The summed E-state index contributed by atoms with van der Waals surface area (Å²) in [5.41, 5.74) is 1.87. The molecule has 0 spiro atoms. The molecular formula is C25H26ClNO9S. The molecule has 0 amide bonds. The first-order valence-electron chi connectivity index (χ1n) is 11.2. The van der Waals surface area contributed by atoms with Crippen LogP contribution in [0.25, 0.3) is 10.6 Å². The second-order valence-electron chi connectivity index (χ2n) is 8.12. The Morgan fingerprint density at radius 2 is 1.89 bits per heavy atom. The van der Waals surface area contributed by atoms with E-state index >= 15 is 0 Å². The second kappa shape index (κ2) is 12.2. The van der Waals surface area contributed by atoms with Gasteiger partial charge in [-0.25, -0.2) is 9.78 Å². The minimum atomic E-state index is -1.56. The summed E-state index contributed by atoms with van der Waals surface area (Å²) >= 11 is 7.94. The lowest BCUT2D eigenvalue weighted by Gasteiger charge is -2.40. The number of aliphatic hydroxyl groups is 3. The topological polar surface area (TPSA) is 137 Å². The van der Waals surface area contributed by atoms with Crippen molar-refractivity contribution in [2.45, 2.75) is 37.3 Å². The maximum Gasteiger partial charge on any atom is 0.342 e. The van der Waals surface area contributed by atoms with Gasteiger partial charge in [-0.3, -0.25) is 0 Å². The van der Waals surface area contributed by atoms with E-state index in [4.69, 9.17) is 35.3 Å². The van der Waals surface area contributed by atoms with Crippen LogP contribution in [0.1, 0.15) is 15.9 Å². The summed E-state index contributed by atoms with van der Waals surface area (Å²) in [5, 5.41) is 32.9. The van der Waals surface area contributed by atoms with Crippen LogP contribution in [0, 0.1) is 0 Å².